The van der Waals surface area contributed by atoms with Gasteiger partial charge in [-0.25, -0.2) is 0 Å². The van der Waals surface area contributed by atoms with Crippen molar-refractivity contribution in [1.29, 1.82) is 0 Å². The first-order valence-corrected chi connectivity index (χ1v) is 4.41. The van der Waals surface area contributed by atoms with Gasteiger partial charge in [0, 0.05) is 5.56 Å². The average molecular weight is 228 g/mol. The van der Waals surface area contributed by atoms with Crippen LogP contribution in [0, 0.1) is 6.92 Å². The molecule has 0 aliphatic carbocycles. The highest BCUT2D eigenvalue weighted by Crippen LogP contribution is 2.26. The molecule has 2 aromatic rings. The molecule has 0 N–H and O–H groups in total. The van der Waals surface area contributed by atoms with E-state index in [2.05, 4.69) is 15.5 Å². The summed E-state index contributed by atoms with van der Waals surface area (Å²) in [5.74, 6) is -0.312. The lowest BCUT2D eigenvalue weighted by atomic mass is 10.1. The SMILES string of the molecule is Cc1ccc(-c2nnnn2C(F)(F)F)cc1. The molecule has 0 spiro atoms. The number of nitrogens with zero attached hydrogens (tertiary/aromatic N) is 4. The Morgan fingerprint density at radius 2 is 1.75 bits per heavy atom. The molecule has 1 aromatic heterocycles. The zero-order valence-corrected chi connectivity index (χ0v) is 8.23. The van der Waals surface area contributed by atoms with Gasteiger partial charge in [0.25, 0.3) is 0 Å². The number of hydrogen-bond acceptors (Lipinski definition) is 3. The molecule has 0 bridgehead atoms. The molecular formula is C9H7F3N4. The predicted octanol–water partition coefficient (Wildman–Crippen LogP) is 2.12. The lowest BCUT2D eigenvalue weighted by Gasteiger charge is -2.07. The standard InChI is InChI=1S/C9H7F3N4/c1-6-2-4-7(5-3-6)8-13-14-15-16(8)9(10,11)12/h2-5H,1H3. The molecule has 0 aliphatic rings. The number of alkyl halides is 3. The number of halogens is 3. The summed E-state index contributed by atoms with van der Waals surface area (Å²) in [5.41, 5.74) is 1.28. The number of rotatable bonds is 1. The highest BCUT2D eigenvalue weighted by molar-refractivity contribution is 5.54. The van der Waals surface area contributed by atoms with Gasteiger partial charge in [-0.1, -0.05) is 29.8 Å². The van der Waals surface area contributed by atoms with Gasteiger partial charge in [-0.15, -0.1) is 23.0 Å². The van der Waals surface area contributed by atoms with Crippen LogP contribution in [-0.2, 0) is 6.30 Å². The van der Waals surface area contributed by atoms with E-state index in [4.69, 9.17) is 0 Å². The minimum Gasteiger partial charge on any atom is -0.149 e. The van der Waals surface area contributed by atoms with Crippen molar-refractivity contribution in [2.24, 2.45) is 0 Å². The zero-order chi connectivity index (χ0) is 11.8. The minimum atomic E-state index is -4.61. The van der Waals surface area contributed by atoms with Gasteiger partial charge in [0.15, 0.2) is 5.82 Å². The molecule has 0 radical (unpaired) electrons. The Labute approximate surface area is 88.7 Å². The summed E-state index contributed by atoms with van der Waals surface area (Å²) in [6.45, 7) is 1.84. The molecule has 1 heterocycles. The summed E-state index contributed by atoms with van der Waals surface area (Å²) < 4.78 is 37.2. The molecule has 4 nitrogen and oxygen atoms in total. The molecule has 0 saturated carbocycles. The lowest BCUT2D eigenvalue weighted by Crippen LogP contribution is -2.19. The Kier molecular flexibility index (Phi) is 2.37. The first-order chi connectivity index (χ1) is 7.48. The van der Waals surface area contributed by atoms with E-state index in [1.807, 2.05) is 6.92 Å². The molecule has 0 amide bonds. The minimum absolute atomic E-state index is 0.155. The molecule has 2 rings (SSSR count). The van der Waals surface area contributed by atoms with Crippen LogP contribution in [-0.4, -0.2) is 20.2 Å². The van der Waals surface area contributed by atoms with Crippen molar-refractivity contribution < 1.29 is 13.2 Å². The van der Waals surface area contributed by atoms with Crippen molar-refractivity contribution in [3.05, 3.63) is 29.8 Å². The van der Waals surface area contributed by atoms with Gasteiger partial charge < -0.3 is 0 Å². The first kappa shape index (κ1) is 10.6. The Bertz CT molecular complexity index is 486. The molecule has 0 aliphatic heterocycles. The Hall–Kier alpha value is -1.92. The maximum absolute atomic E-state index is 12.5. The smallest absolute Gasteiger partial charge is 0.149 e. The highest BCUT2D eigenvalue weighted by Gasteiger charge is 2.35. The normalized spacial score (nSPS) is 11.8. The number of aromatic nitrogens is 4. The van der Waals surface area contributed by atoms with E-state index >= 15 is 0 Å². The van der Waals surface area contributed by atoms with E-state index < -0.39 is 6.30 Å². The van der Waals surface area contributed by atoms with Crippen LogP contribution >= 0.6 is 0 Å². The maximum atomic E-state index is 12.5. The Balaban J connectivity index is 2.49. The fourth-order valence-corrected chi connectivity index (χ4v) is 1.24. The van der Waals surface area contributed by atoms with Gasteiger partial charge in [0.2, 0.25) is 0 Å². The quantitative estimate of drug-likeness (QED) is 0.750. The lowest BCUT2D eigenvalue weighted by molar-refractivity contribution is -0.211. The fraction of sp³-hybridized carbons (Fsp3) is 0.222. The van der Waals surface area contributed by atoms with Crippen molar-refractivity contribution in [1.82, 2.24) is 20.2 Å². The van der Waals surface area contributed by atoms with Crippen molar-refractivity contribution >= 4 is 0 Å². The molecule has 1 aromatic carbocycles. The number of hydrogen-bond donors (Lipinski definition) is 0. The molecule has 7 heteroatoms. The van der Waals surface area contributed by atoms with Gasteiger partial charge in [-0.3, -0.25) is 0 Å². The second-order valence-corrected chi connectivity index (χ2v) is 3.25. The third-order valence-corrected chi connectivity index (χ3v) is 2.02. The van der Waals surface area contributed by atoms with Gasteiger partial charge in [-0.05, 0) is 17.4 Å². The number of benzene rings is 1. The highest BCUT2D eigenvalue weighted by atomic mass is 19.4. The molecule has 0 atom stereocenters. The van der Waals surface area contributed by atoms with E-state index in [0.717, 1.165) is 5.56 Å². The second kappa shape index (κ2) is 3.58. The molecular weight excluding hydrogens is 221 g/mol. The van der Waals surface area contributed by atoms with Crippen molar-refractivity contribution in [3.63, 3.8) is 0 Å². The molecule has 0 unspecified atom stereocenters. The number of aryl methyl sites for hydroxylation is 1. The van der Waals surface area contributed by atoms with E-state index in [-0.39, 0.29) is 10.5 Å². The average Bonchev–Trinajstić information content (AvgIpc) is 2.66. The summed E-state index contributed by atoms with van der Waals surface area (Å²) in [6.07, 6.45) is -4.61. The van der Waals surface area contributed by atoms with Gasteiger partial charge in [0.05, 0.1) is 0 Å². The maximum Gasteiger partial charge on any atom is 0.507 e. The van der Waals surface area contributed by atoms with Crippen LogP contribution in [0.15, 0.2) is 24.3 Å². The zero-order valence-electron chi connectivity index (χ0n) is 8.23. The number of tetrazole rings is 1. The van der Waals surface area contributed by atoms with Crippen molar-refractivity contribution in [2.75, 3.05) is 0 Å². The summed E-state index contributed by atoms with van der Waals surface area (Å²) in [5, 5.41) is 9.31. The van der Waals surface area contributed by atoms with E-state index in [9.17, 15) is 13.2 Å². The molecule has 0 saturated heterocycles. The second-order valence-electron chi connectivity index (χ2n) is 3.25. The van der Waals surface area contributed by atoms with Crippen molar-refractivity contribution in [2.45, 2.75) is 13.2 Å². The van der Waals surface area contributed by atoms with Gasteiger partial charge in [0.1, 0.15) is 0 Å². The fourth-order valence-electron chi connectivity index (χ4n) is 1.24. The third kappa shape index (κ3) is 1.88. The van der Waals surface area contributed by atoms with E-state index in [1.54, 1.807) is 24.3 Å². The van der Waals surface area contributed by atoms with Crippen LogP contribution in [0.4, 0.5) is 13.2 Å². The van der Waals surface area contributed by atoms with E-state index in [1.165, 1.54) is 0 Å². The summed E-state index contributed by atoms with van der Waals surface area (Å²) in [4.78, 5) is 0. The Morgan fingerprint density at radius 3 is 2.31 bits per heavy atom. The van der Waals surface area contributed by atoms with E-state index in [0.29, 0.717) is 5.56 Å². The largest absolute Gasteiger partial charge is 0.507 e. The van der Waals surface area contributed by atoms with Crippen LogP contribution in [0.2, 0.25) is 0 Å². The van der Waals surface area contributed by atoms with Crippen LogP contribution in [0.5, 0.6) is 0 Å². The van der Waals surface area contributed by atoms with Crippen LogP contribution in [0.25, 0.3) is 11.4 Å². The van der Waals surface area contributed by atoms with Crippen LogP contribution in [0.3, 0.4) is 0 Å². The van der Waals surface area contributed by atoms with Crippen LogP contribution in [0.1, 0.15) is 5.56 Å². The van der Waals surface area contributed by atoms with Gasteiger partial charge in [-0.2, -0.15) is 0 Å². The Morgan fingerprint density at radius 1 is 1.12 bits per heavy atom. The van der Waals surface area contributed by atoms with Crippen molar-refractivity contribution in [3.8, 4) is 11.4 Å². The summed E-state index contributed by atoms with van der Waals surface area (Å²) in [6, 6.07) is 6.49. The first-order valence-electron chi connectivity index (χ1n) is 4.41. The monoisotopic (exact) mass is 228 g/mol. The topological polar surface area (TPSA) is 43.6 Å². The predicted molar refractivity (Wildman–Crippen MR) is 49.3 cm³/mol. The summed E-state index contributed by atoms with van der Waals surface area (Å²) >= 11 is 0. The van der Waals surface area contributed by atoms with Crippen LogP contribution < -0.4 is 0 Å². The summed E-state index contributed by atoms with van der Waals surface area (Å²) in [7, 11) is 0. The molecule has 16 heavy (non-hydrogen) atoms. The van der Waals surface area contributed by atoms with Gasteiger partial charge >= 0.3 is 6.30 Å². The molecule has 84 valence electrons. The third-order valence-electron chi connectivity index (χ3n) is 2.02. The molecule has 0 fully saturated rings.